The minimum Gasteiger partial charge on any atom is -0.480 e. The third-order valence-corrected chi connectivity index (χ3v) is 4.77. The maximum absolute atomic E-state index is 12.7. The minimum absolute atomic E-state index is 0.0856. The van der Waals surface area contributed by atoms with Gasteiger partial charge in [-0.1, -0.05) is 59.6 Å². The van der Waals surface area contributed by atoms with Gasteiger partial charge < -0.3 is 15.7 Å². The Morgan fingerprint density at radius 3 is 2.04 bits per heavy atom. The van der Waals surface area contributed by atoms with Crippen molar-refractivity contribution in [3.05, 3.63) is 69.7 Å². The van der Waals surface area contributed by atoms with Gasteiger partial charge in [-0.25, -0.2) is 4.79 Å². The van der Waals surface area contributed by atoms with Crippen molar-refractivity contribution in [3.63, 3.8) is 0 Å². The van der Waals surface area contributed by atoms with Gasteiger partial charge in [0.1, 0.15) is 12.1 Å². The summed E-state index contributed by atoms with van der Waals surface area (Å²) in [5.74, 6) is -2.22. The lowest BCUT2D eigenvalue weighted by Gasteiger charge is -2.22. The van der Waals surface area contributed by atoms with Crippen LogP contribution in [0.1, 0.15) is 18.1 Å². The van der Waals surface area contributed by atoms with E-state index in [2.05, 4.69) is 10.6 Å². The van der Waals surface area contributed by atoms with Gasteiger partial charge in [-0.3, -0.25) is 9.59 Å². The molecule has 148 valence electrons. The van der Waals surface area contributed by atoms with Gasteiger partial charge in [0.15, 0.2) is 0 Å². The number of nitrogens with one attached hydrogen (secondary N) is 2. The molecule has 0 heterocycles. The summed E-state index contributed by atoms with van der Waals surface area (Å²) in [6, 6.07) is 11.8. The summed E-state index contributed by atoms with van der Waals surface area (Å²) in [4.78, 5) is 35.9. The molecular weight excluding hydrogens is 403 g/mol. The highest BCUT2D eigenvalue weighted by Crippen LogP contribution is 2.25. The van der Waals surface area contributed by atoms with Crippen molar-refractivity contribution in [2.75, 3.05) is 0 Å². The highest BCUT2D eigenvalue weighted by Gasteiger charge is 2.27. The zero-order valence-electron chi connectivity index (χ0n) is 15.1. The lowest BCUT2D eigenvalue weighted by molar-refractivity contribution is -0.142. The molecule has 0 spiro atoms. The summed E-state index contributed by atoms with van der Waals surface area (Å²) in [6.45, 7) is 1.30. The van der Waals surface area contributed by atoms with Gasteiger partial charge in [-0.05, 0) is 23.3 Å². The van der Waals surface area contributed by atoms with E-state index >= 15 is 0 Å². The van der Waals surface area contributed by atoms with Crippen LogP contribution >= 0.6 is 23.2 Å². The lowest BCUT2D eigenvalue weighted by Crippen LogP contribution is -2.52. The number of amides is 2. The number of benzene rings is 2. The Morgan fingerprint density at radius 2 is 1.50 bits per heavy atom. The number of aliphatic carboxylic acids is 1. The summed E-state index contributed by atoms with van der Waals surface area (Å²) in [6.07, 6.45) is 0.142. The first-order valence-electron chi connectivity index (χ1n) is 8.55. The molecule has 0 aliphatic heterocycles. The molecule has 0 fully saturated rings. The van der Waals surface area contributed by atoms with Crippen LogP contribution in [0, 0.1) is 0 Å². The second-order valence-corrected chi connectivity index (χ2v) is 7.06. The van der Waals surface area contributed by atoms with Crippen LogP contribution in [0.15, 0.2) is 48.5 Å². The molecule has 2 aromatic rings. The van der Waals surface area contributed by atoms with Crippen molar-refractivity contribution in [1.29, 1.82) is 0 Å². The first kappa shape index (κ1) is 21.7. The van der Waals surface area contributed by atoms with E-state index in [0.717, 1.165) is 5.56 Å². The zero-order chi connectivity index (χ0) is 20.7. The molecule has 2 rings (SSSR count). The number of carboxylic acids is 1. The summed E-state index contributed by atoms with van der Waals surface area (Å²) in [5.41, 5.74) is 1.26. The maximum atomic E-state index is 12.7. The van der Waals surface area contributed by atoms with Crippen molar-refractivity contribution < 1.29 is 19.5 Å². The van der Waals surface area contributed by atoms with E-state index in [1.54, 1.807) is 18.2 Å². The number of carbonyl (C=O) groups excluding carboxylic acids is 2. The fourth-order valence-corrected chi connectivity index (χ4v) is 3.26. The number of hydrogen-bond acceptors (Lipinski definition) is 3. The normalized spacial score (nSPS) is 12.7. The maximum Gasteiger partial charge on any atom is 0.326 e. The molecule has 6 nitrogen and oxygen atoms in total. The lowest BCUT2D eigenvalue weighted by atomic mass is 10.0. The predicted octanol–water partition coefficient (Wildman–Crippen LogP) is 2.85. The molecular formula is C20H20Cl2N2O4. The third kappa shape index (κ3) is 6.25. The van der Waals surface area contributed by atoms with E-state index in [1.807, 2.05) is 30.3 Å². The molecule has 2 aromatic carbocycles. The van der Waals surface area contributed by atoms with Gasteiger partial charge in [0, 0.05) is 29.8 Å². The second kappa shape index (κ2) is 10.1. The monoisotopic (exact) mass is 422 g/mol. The van der Waals surface area contributed by atoms with Crippen LogP contribution in [0.5, 0.6) is 0 Å². The van der Waals surface area contributed by atoms with Crippen molar-refractivity contribution in [2.45, 2.75) is 31.8 Å². The Morgan fingerprint density at radius 1 is 0.893 bits per heavy atom. The summed E-state index contributed by atoms with van der Waals surface area (Å²) < 4.78 is 0. The molecule has 0 aromatic heterocycles. The van der Waals surface area contributed by atoms with Crippen molar-refractivity contribution in [2.24, 2.45) is 0 Å². The summed E-state index contributed by atoms with van der Waals surface area (Å²) in [7, 11) is 0. The van der Waals surface area contributed by atoms with E-state index in [4.69, 9.17) is 23.2 Å². The van der Waals surface area contributed by atoms with Crippen molar-refractivity contribution in [3.8, 4) is 0 Å². The number of carbonyl (C=O) groups is 3. The Balaban J connectivity index is 2.17. The van der Waals surface area contributed by atoms with Gasteiger partial charge in [0.2, 0.25) is 11.8 Å². The number of rotatable bonds is 8. The third-order valence-electron chi connectivity index (χ3n) is 4.06. The minimum atomic E-state index is -1.25. The highest BCUT2D eigenvalue weighted by atomic mass is 35.5. The first-order valence-corrected chi connectivity index (χ1v) is 9.30. The van der Waals surface area contributed by atoms with E-state index in [9.17, 15) is 19.5 Å². The second-order valence-electron chi connectivity index (χ2n) is 6.25. The van der Waals surface area contributed by atoms with Crippen LogP contribution in [0.2, 0.25) is 10.0 Å². The number of hydrogen-bond donors (Lipinski definition) is 3. The molecule has 0 unspecified atom stereocenters. The predicted molar refractivity (Wildman–Crippen MR) is 107 cm³/mol. The molecule has 8 heteroatoms. The van der Waals surface area contributed by atoms with Crippen LogP contribution in [0.4, 0.5) is 0 Å². The summed E-state index contributed by atoms with van der Waals surface area (Å²) in [5, 5.41) is 15.2. The molecule has 0 bridgehead atoms. The molecule has 28 heavy (non-hydrogen) atoms. The van der Waals surface area contributed by atoms with Crippen molar-refractivity contribution >= 4 is 41.0 Å². The molecule has 2 amide bonds. The molecule has 3 N–H and O–H groups in total. The Labute approximate surface area is 172 Å². The van der Waals surface area contributed by atoms with Gasteiger partial charge >= 0.3 is 5.97 Å². The number of carboxylic acid groups (broad SMARTS) is 1. The van der Waals surface area contributed by atoms with E-state index < -0.39 is 29.9 Å². The quantitative estimate of drug-likeness (QED) is 0.609. The van der Waals surface area contributed by atoms with Crippen LogP contribution < -0.4 is 10.6 Å². The number of halogens is 2. The molecule has 0 radical (unpaired) electrons. The van der Waals surface area contributed by atoms with Gasteiger partial charge in [-0.2, -0.15) is 0 Å². The molecule has 2 atom stereocenters. The fourth-order valence-electron chi connectivity index (χ4n) is 2.71. The first-order chi connectivity index (χ1) is 13.3. The summed E-state index contributed by atoms with van der Waals surface area (Å²) >= 11 is 12.2. The topological polar surface area (TPSA) is 95.5 Å². The van der Waals surface area contributed by atoms with Crippen LogP contribution in [0.3, 0.4) is 0 Å². The smallest absolute Gasteiger partial charge is 0.326 e. The van der Waals surface area contributed by atoms with Crippen LogP contribution in [-0.2, 0) is 27.2 Å². The van der Waals surface area contributed by atoms with E-state index in [0.29, 0.717) is 15.6 Å². The zero-order valence-corrected chi connectivity index (χ0v) is 16.6. The van der Waals surface area contributed by atoms with Crippen LogP contribution in [-0.4, -0.2) is 35.0 Å². The highest BCUT2D eigenvalue weighted by molar-refractivity contribution is 6.36. The molecule has 0 saturated carbocycles. The Hall–Kier alpha value is -2.57. The Bertz CT molecular complexity index is 838. The SMILES string of the molecule is CC(=O)N[C@@H](Cc1ccccc1)C(=O)N[C@H](Cc1c(Cl)cccc1Cl)C(=O)O. The van der Waals surface area contributed by atoms with Crippen LogP contribution in [0.25, 0.3) is 0 Å². The molecule has 0 aliphatic carbocycles. The molecule has 0 aliphatic rings. The Kier molecular flexibility index (Phi) is 7.84. The van der Waals surface area contributed by atoms with E-state index in [1.165, 1.54) is 6.92 Å². The average molecular weight is 423 g/mol. The fraction of sp³-hybridized carbons (Fsp3) is 0.250. The van der Waals surface area contributed by atoms with Gasteiger partial charge in [0.25, 0.3) is 0 Å². The average Bonchev–Trinajstić information content (AvgIpc) is 2.63. The van der Waals surface area contributed by atoms with Crippen molar-refractivity contribution in [1.82, 2.24) is 10.6 Å². The largest absolute Gasteiger partial charge is 0.480 e. The standard InChI is InChI=1S/C20H20Cl2N2O4/c1-12(25)23-17(10-13-6-3-2-4-7-13)19(26)24-18(20(27)28)11-14-15(21)8-5-9-16(14)22/h2-9,17-18H,10-11H2,1H3,(H,23,25)(H,24,26)(H,27,28)/t17-,18+/m0/s1. The molecule has 0 saturated heterocycles. The van der Waals surface area contributed by atoms with Gasteiger partial charge in [0.05, 0.1) is 0 Å². The van der Waals surface area contributed by atoms with E-state index in [-0.39, 0.29) is 12.8 Å². The van der Waals surface area contributed by atoms with Gasteiger partial charge in [-0.15, -0.1) is 0 Å².